The Morgan fingerprint density at radius 2 is 2.38 bits per heavy atom. The van der Waals surface area contributed by atoms with Gasteiger partial charge in [-0.25, -0.2) is 0 Å². The van der Waals surface area contributed by atoms with E-state index in [-0.39, 0.29) is 11.9 Å². The zero-order valence-electron chi connectivity index (χ0n) is 12.4. The summed E-state index contributed by atoms with van der Waals surface area (Å²) in [6.45, 7) is 2.56. The third-order valence-corrected chi connectivity index (χ3v) is 3.73. The van der Waals surface area contributed by atoms with Gasteiger partial charge < -0.3 is 19.7 Å². The number of amides is 1. The molecule has 0 aromatic heterocycles. The molecule has 2 rings (SSSR count). The van der Waals surface area contributed by atoms with Crippen molar-refractivity contribution in [2.24, 2.45) is 0 Å². The highest BCUT2D eigenvalue weighted by molar-refractivity contribution is 6.30. The molecule has 21 heavy (non-hydrogen) atoms. The molecule has 1 N–H and O–H groups in total. The molecular formula is C15H21ClN2O3. The zero-order chi connectivity index (χ0) is 15.2. The fourth-order valence-electron chi connectivity index (χ4n) is 2.33. The summed E-state index contributed by atoms with van der Waals surface area (Å²) in [5.41, 5.74) is 0.897. The number of halogens is 1. The summed E-state index contributed by atoms with van der Waals surface area (Å²) in [6.07, 6.45) is 0.430. The van der Waals surface area contributed by atoms with E-state index in [0.717, 1.165) is 17.9 Å². The van der Waals surface area contributed by atoms with Gasteiger partial charge in [-0.15, -0.1) is 0 Å². The first kappa shape index (κ1) is 16.1. The molecule has 1 heterocycles. The molecule has 1 aliphatic heterocycles. The van der Waals surface area contributed by atoms with Crippen LogP contribution in [0.1, 0.15) is 12.0 Å². The summed E-state index contributed by atoms with van der Waals surface area (Å²) < 4.78 is 10.7. The van der Waals surface area contributed by atoms with Crippen molar-refractivity contribution in [1.29, 1.82) is 0 Å². The molecule has 0 radical (unpaired) electrons. The molecule has 1 aromatic rings. The molecule has 1 fully saturated rings. The number of rotatable bonds is 5. The molecule has 0 aliphatic carbocycles. The van der Waals surface area contributed by atoms with E-state index in [1.54, 1.807) is 25.1 Å². The third-order valence-electron chi connectivity index (χ3n) is 3.50. The fourth-order valence-corrected chi connectivity index (χ4v) is 2.53. The molecule has 1 saturated heterocycles. The first-order valence-electron chi connectivity index (χ1n) is 6.97. The minimum absolute atomic E-state index is 0.0695. The van der Waals surface area contributed by atoms with Gasteiger partial charge in [0.2, 0.25) is 5.91 Å². The van der Waals surface area contributed by atoms with E-state index in [1.807, 2.05) is 12.1 Å². The van der Waals surface area contributed by atoms with Crippen LogP contribution in [0.4, 0.5) is 0 Å². The number of carbonyl (C=O) groups excluding carboxylic acids is 1. The summed E-state index contributed by atoms with van der Waals surface area (Å²) >= 11 is 6.01. The van der Waals surface area contributed by atoms with Crippen LogP contribution >= 0.6 is 11.6 Å². The Labute approximate surface area is 130 Å². The van der Waals surface area contributed by atoms with Crippen molar-refractivity contribution in [3.05, 3.63) is 28.8 Å². The van der Waals surface area contributed by atoms with Crippen LogP contribution < -0.4 is 10.1 Å². The number of nitrogens with zero attached hydrogens (tertiary/aromatic N) is 1. The van der Waals surface area contributed by atoms with E-state index in [2.05, 4.69) is 5.32 Å². The predicted molar refractivity (Wildman–Crippen MR) is 81.7 cm³/mol. The Morgan fingerprint density at radius 3 is 3.05 bits per heavy atom. The van der Waals surface area contributed by atoms with E-state index in [4.69, 9.17) is 21.1 Å². The maximum atomic E-state index is 12.3. The fraction of sp³-hybridized carbons (Fsp3) is 0.533. The Kier molecular flexibility index (Phi) is 5.85. The molecule has 1 atom stereocenters. The molecule has 0 bridgehead atoms. The summed E-state index contributed by atoms with van der Waals surface area (Å²) in [4.78, 5) is 13.9. The van der Waals surface area contributed by atoms with Crippen LogP contribution in [0.25, 0.3) is 0 Å². The summed E-state index contributed by atoms with van der Waals surface area (Å²) in [7, 11) is 3.39. The highest BCUT2D eigenvalue weighted by Gasteiger charge is 2.20. The van der Waals surface area contributed by atoms with Crippen LogP contribution in [0.5, 0.6) is 5.75 Å². The number of methoxy groups -OCH3 is 1. The monoisotopic (exact) mass is 312 g/mol. The van der Waals surface area contributed by atoms with Crippen molar-refractivity contribution in [2.45, 2.75) is 19.0 Å². The lowest BCUT2D eigenvalue weighted by Gasteiger charge is -2.26. The van der Waals surface area contributed by atoms with Crippen LogP contribution in [0.15, 0.2) is 18.2 Å². The number of nitrogens with one attached hydrogen (secondary N) is 1. The minimum atomic E-state index is 0.0695. The molecule has 5 nitrogen and oxygen atoms in total. The second kappa shape index (κ2) is 7.64. The Morgan fingerprint density at radius 1 is 1.57 bits per heavy atom. The molecular weight excluding hydrogens is 292 g/mol. The Hall–Kier alpha value is -1.30. The zero-order valence-corrected chi connectivity index (χ0v) is 13.2. The number of hydrogen-bond donors (Lipinski definition) is 1. The molecule has 6 heteroatoms. The SMILES string of the molecule is COc1ccc(Cl)cc1CN(C)C(=O)CC1COCCN1. The molecule has 1 amide bonds. The van der Waals surface area contributed by atoms with Crippen LogP contribution in [0, 0.1) is 0 Å². The van der Waals surface area contributed by atoms with Crippen LogP contribution in [0.2, 0.25) is 5.02 Å². The molecule has 0 saturated carbocycles. The van der Waals surface area contributed by atoms with Crippen molar-refractivity contribution in [1.82, 2.24) is 10.2 Å². The second-order valence-electron chi connectivity index (χ2n) is 5.14. The maximum Gasteiger partial charge on any atom is 0.224 e. The van der Waals surface area contributed by atoms with Gasteiger partial charge in [0, 0.05) is 43.2 Å². The molecule has 1 aliphatic rings. The molecule has 0 spiro atoms. The predicted octanol–water partition coefficient (Wildman–Crippen LogP) is 1.69. The maximum absolute atomic E-state index is 12.3. The van der Waals surface area contributed by atoms with Gasteiger partial charge in [-0.1, -0.05) is 11.6 Å². The lowest BCUT2D eigenvalue weighted by Crippen LogP contribution is -2.44. The number of morpholine rings is 1. The second-order valence-corrected chi connectivity index (χ2v) is 5.57. The summed E-state index contributed by atoms with van der Waals surface area (Å²) in [5, 5.41) is 3.92. The first-order valence-corrected chi connectivity index (χ1v) is 7.35. The minimum Gasteiger partial charge on any atom is -0.496 e. The van der Waals surface area contributed by atoms with E-state index < -0.39 is 0 Å². The van der Waals surface area contributed by atoms with Crippen molar-refractivity contribution < 1.29 is 14.3 Å². The lowest BCUT2D eigenvalue weighted by atomic mass is 10.1. The van der Waals surface area contributed by atoms with Gasteiger partial charge in [-0.2, -0.15) is 0 Å². The van der Waals surface area contributed by atoms with Crippen molar-refractivity contribution in [3.8, 4) is 5.75 Å². The van der Waals surface area contributed by atoms with Gasteiger partial charge in [-0.05, 0) is 18.2 Å². The number of carbonyl (C=O) groups is 1. The summed E-state index contributed by atoms with van der Waals surface area (Å²) in [5.74, 6) is 0.804. The smallest absolute Gasteiger partial charge is 0.224 e. The highest BCUT2D eigenvalue weighted by Crippen LogP contribution is 2.24. The van der Waals surface area contributed by atoms with Gasteiger partial charge in [0.25, 0.3) is 0 Å². The van der Waals surface area contributed by atoms with Gasteiger partial charge >= 0.3 is 0 Å². The van der Waals surface area contributed by atoms with Gasteiger partial charge in [0.05, 0.1) is 20.3 Å². The molecule has 1 unspecified atom stereocenters. The topological polar surface area (TPSA) is 50.8 Å². The number of benzene rings is 1. The molecule has 116 valence electrons. The van der Waals surface area contributed by atoms with Crippen LogP contribution in [0.3, 0.4) is 0 Å². The molecule has 1 aromatic carbocycles. The Balaban J connectivity index is 1.95. The normalized spacial score (nSPS) is 18.3. The summed E-state index contributed by atoms with van der Waals surface area (Å²) in [6, 6.07) is 5.50. The largest absolute Gasteiger partial charge is 0.496 e. The van der Waals surface area contributed by atoms with E-state index in [9.17, 15) is 4.79 Å². The quantitative estimate of drug-likeness (QED) is 0.899. The van der Waals surface area contributed by atoms with Crippen LogP contribution in [-0.4, -0.2) is 50.8 Å². The van der Waals surface area contributed by atoms with Gasteiger partial charge in [-0.3, -0.25) is 4.79 Å². The van der Waals surface area contributed by atoms with Crippen LogP contribution in [-0.2, 0) is 16.1 Å². The van der Waals surface area contributed by atoms with E-state index in [0.29, 0.717) is 31.2 Å². The van der Waals surface area contributed by atoms with Crippen molar-refractivity contribution >= 4 is 17.5 Å². The van der Waals surface area contributed by atoms with Gasteiger partial charge in [0.15, 0.2) is 0 Å². The van der Waals surface area contributed by atoms with Gasteiger partial charge in [0.1, 0.15) is 5.75 Å². The Bertz CT molecular complexity index is 490. The standard InChI is InChI=1S/C15H21ClN2O3/c1-18(15(19)8-13-10-21-6-5-17-13)9-11-7-12(16)3-4-14(11)20-2/h3-4,7,13,17H,5-6,8-10H2,1-2H3. The first-order chi connectivity index (χ1) is 10.1. The van der Waals surface area contributed by atoms with Crippen molar-refractivity contribution in [2.75, 3.05) is 33.9 Å². The van der Waals surface area contributed by atoms with E-state index >= 15 is 0 Å². The van der Waals surface area contributed by atoms with Crippen molar-refractivity contribution in [3.63, 3.8) is 0 Å². The van der Waals surface area contributed by atoms with E-state index in [1.165, 1.54) is 0 Å². The third kappa shape index (κ3) is 4.59. The average Bonchev–Trinajstić information content (AvgIpc) is 2.48. The average molecular weight is 313 g/mol. The number of hydrogen-bond acceptors (Lipinski definition) is 4. The highest BCUT2D eigenvalue weighted by atomic mass is 35.5. The number of ether oxygens (including phenoxy) is 2. The lowest BCUT2D eigenvalue weighted by molar-refractivity contribution is -0.131.